The van der Waals surface area contributed by atoms with Crippen molar-refractivity contribution < 1.29 is 9.50 Å². The summed E-state index contributed by atoms with van der Waals surface area (Å²) in [6.07, 6.45) is -0.874. The van der Waals surface area contributed by atoms with Crippen LogP contribution in [0.3, 0.4) is 0 Å². The fourth-order valence-electron chi connectivity index (χ4n) is 0.933. The van der Waals surface area contributed by atoms with E-state index in [4.69, 9.17) is 10.4 Å². The smallest absolute Gasteiger partial charge is 0.144 e. The van der Waals surface area contributed by atoms with Gasteiger partial charge in [0.1, 0.15) is 11.9 Å². The molecule has 0 heterocycles. The molecule has 3 heteroatoms. The lowest BCUT2D eigenvalue weighted by Gasteiger charge is -2.00. The molecular formula is C9H8FNO. The molecule has 0 radical (unpaired) electrons. The van der Waals surface area contributed by atoms with Crippen LogP contribution in [-0.4, -0.2) is 11.2 Å². The van der Waals surface area contributed by atoms with Crippen molar-refractivity contribution in [3.05, 3.63) is 35.6 Å². The number of hydrogen-bond acceptors (Lipinski definition) is 2. The van der Waals surface area contributed by atoms with Crippen molar-refractivity contribution in [2.45, 2.75) is 12.5 Å². The van der Waals surface area contributed by atoms with Gasteiger partial charge in [0.25, 0.3) is 0 Å². The minimum atomic E-state index is -1.05. The number of nitrogens with zero attached hydrogens (tertiary/aromatic N) is 1. The molecule has 1 aromatic carbocycles. The van der Waals surface area contributed by atoms with Crippen molar-refractivity contribution in [3.8, 4) is 6.07 Å². The van der Waals surface area contributed by atoms with E-state index in [0.29, 0.717) is 5.56 Å². The Morgan fingerprint density at radius 1 is 1.58 bits per heavy atom. The van der Waals surface area contributed by atoms with Crippen LogP contribution in [0.15, 0.2) is 24.3 Å². The van der Waals surface area contributed by atoms with Crippen LogP contribution in [0.5, 0.6) is 0 Å². The van der Waals surface area contributed by atoms with Gasteiger partial charge in [-0.3, -0.25) is 0 Å². The van der Waals surface area contributed by atoms with E-state index >= 15 is 0 Å². The number of aliphatic hydroxyl groups excluding tert-OH is 1. The highest BCUT2D eigenvalue weighted by molar-refractivity contribution is 5.18. The second-order valence-corrected chi connectivity index (χ2v) is 2.48. The number of hydrogen-bond donors (Lipinski definition) is 1. The predicted octanol–water partition coefficient (Wildman–Crippen LogP) is 1.25. The van der Waals surface area contributed by atoms with Crippen LogP contribution < -0.4 is 0 Å². The van der Waals surface area contributed by atoms with Gasteiger partial charge >= 0.3 is 0 Å². The molecule has 1 N–H and O–H groups in total. The third kappa shape index (κ3) is 2.33. The fourth-order valence-corrected chi connectivity index (χ4v) is 0.933. The molecule has 62 valence electrons. The zero-order valence-electron chi connectivity index (χ0n) is 6.37. The minimum Gasteiger partial charge on any atom is -0.378 e. The first kappa shape index (κ1) is 8.69. The highest BCUT2D eigenvalue weighted by Crippen LogP contribution is 2.05. The lowest BCUT2D eigenvalue weighted by Crippen LogP contribution is -2.06. The Hall–Kier alpha value is -1.40. The Kier molecular flexibility index (Phi) is 2.78. The molecule has 0 aliphatic carbocycles. The van der Waals surface area contributed by atoms with Crippen LogP contribution in [0.2, 0.25) is 0 Å². The van der Waals surface area contributed by atoms with Gasteiger partial charge in [0.15, 0.2) is 0 Å². The zero-order chi connectivity index (χ0) is 8.97. The second-order valence-electron chi connectivity index (χ2n) is 2.48. The van der Waals surface area contributed by atoms with Crippen molar-refractivity contribution >= 4 is 0 Å². The van der Waals surface area contributed by atoms with Crippen molar-refractivity contribution in [3.63, 3.8) is 0 Å². The van der Waals surface area contributed by atoms with Gasteiger partial charge in [-0.05, 0) is 17.7 Å². The topological polar surface area (TPSA) is 44.0 Å². The van der Waals surface area contributed by atoms with Crippen LogP contribution >= 0.6 is 0 Å². The van der Waals surface area contributed by atoms with E-state index in [0.717, 1.165) is 0 Å². The summed E-state index contributed by atoms with van der Waals surface area (Å²) in [7, 11) is 0. The Balaban J connectivity index is 2.71. The van der Waals surface area contributed by atoms with Gasteiger partial charge in [-0.25, -0.2) is 4.39 Å². The summed E-state index contributed by atoms with van der Waals surface area (Å²) in [5.41, 5.74) is 0.629. The summed E-state index contributed by atoms with van der Waals surface area (Å²) in [6, 6.07) is 7.51. The van der Waals surface area contributed by atoms with E-state index in [1.807, 2.05) is 0 Å². The molecule has 0 bridgehead atoms. The van der Waals surface area contributed by atoms with Crippen molar-refractivity contribution in [2.24, 2.45) is 0 Å². The van der Waals surface area contributed by atoms with Gasteiger partial charge in [0.2, 0.25) is 0 Å². The average Bonchev–Trinajstić information content (AvgIpc) is 2.04. The van der Waals surface area contributed by atoms with Gasteiger partial charge in [0, 0.05) is 6.42 Å². The van der Waals surface area contributed by atoms with Crippen molar-refractivity contribution in [1.82, 2.24) is 0 Å². The molecule has 0 unspecified atom stereocenters. The normalized spacial score (nSPS) is 12.1. The summed E-state index contributed by atoms with van der Waals surface area (Å²) in [5, 5.41) is 17.2. The monoisotopic (exact) mass is 165 g/mol. The number of benzene rings is 1. The van der Waals surface area contributed by atoms with Crippen LogP contribution in [-0.2, 0) is 6.42 Å². The van der Waals surface area contributed by atoms with Crippen LogP contribution in [0.1, 0.15) is 5.56 Å². The average molecular weight is 165 g/mol. The standard InChI is InChI=1S/C9H8FNO/c10-8-3-1-2-7(4-8)5-9(12)6-11/h1-4,9,12H,5H2/t9-/m0/s1. The maximum absolute atomic E-state index is 12.6. The van der Waals surface area contributed by atoms with Crippen LogP contribution in [0.4, 0.5) is 4.39 Å². The molecule has 0 amide bonds. The Morgan fingerprint density at radius 2 is 2.33 bits per heavy atom. The number of nitriles is 1. The first-order chi connectivity index (χ1) is 5.72. The maximum Gasteiger partial charge on any atom is 0.144 e. The van der Waals surface area contributed by atoms with E-state index in [9.17, 15) is 4.39 Å². The third-order valence-corrected chi connectivity index (χ3v) is 1.47. The number of aliphatic hydroxyl groups is 1. The van der Waals surface area contributed by atoms with Crippen LogP contribution in [0.25, 0.3) is 0 Å². The molecule has 1 rings (SSSR count). The van der Waals surface area contributed by atoms with E-state index in [1.54, 1.807) is 18.2 Å². The SMILES string of the molecule is N#C[C@@H](O)Cc1cccc(F)c1. The zero-order valence-corrected chi connectivity index (χ0v) is 6.37. The van der Waals surface area contributed by atoms with Crippen LogP contribution in [0, 0.1) is 17.1 Å². The van der Waals surface area contributed by atoms with E-state index in [2.05, 4.69) is 0 Å². The highest BCUT2D eigenvalue weighted by atomic mass is 19.1. The molecular weight excluding hydrogens is 157 g/mol. The van der Waals surface area contributed by atoms with Gasteiger partial charge in [0.05, 0.1) is 6.07 Å². The predicted molar refractivity (Wildman–Crippen MR) is 41.7 cm³/mol. The number of rotatable bonds is 2. The number of halogens is 1. The largest absolute Gasteiger partial charge is 0.378 e. The van der Waals surface area contributed by atoms with Gasteiger partial charge in [-0.1, -0.05) is 12.1 Å². The maximum atomic E-state index is 12.6. The molecule has 0 saturated carbocycles. The Labute approximate surface area is 69.9 Å². The van der Waals surface area contributed by atoms with Gasteiger partial charge in [-0.2, -0.15) is 5.26 Å². The molecule has 0 spiro atoms. The molecule has 0 aliphatic heterocycles. The summed E-state index contributed by atoms with van der Waals surface area (Å²) in [5.74, 6) is -0.349. The summed E-state index contributed by atoms with van der Waals surface area (Å²) < 4.78 is 12.6. The van der Waals surface area contributed by atoms with E-state index in [-0.39, 0.29) is 12.2 Å². The first-order valence-corrected chi connectivity index (χ1v) is 3.54. The van der Waals surface area contributed by atoms with E-state index in [1.165, 1.54) is 12.1 Å². The molecule has 0 saturated heterocycles. The van der Waals surface area contributed by atoms with E-state index < -0.39 is 6.10 Å². The summed E-state index contributed by atoms with van der Waals surface area (Å²) in [6.45, 7) is 0. The molecule has 0 fully saturated rings. The third-order valence-electron chi connectivity index (χ3n) is 1.47. The summed E-state index contributed by atoms with van der Waals surface area (Å²) >= 11 is 0. The fraction of sp³-hybridized carbons (Fsp3) is 0.222. The second kappa shape index (κ2) is 3.84. The Bertz CT molecular complexity index is 306. The van der Waals surface area contributed by atoms with Gasteiger partial charge in [-0.15, -0.1) is 0 Å². The lowest BCUT2D eigenvalue weighted by molar-refractivity contribution is 0.231. The highest BCUT2D eigenvalue weighted by Gasteiger charge is 2.03. The quantitative estimate of drug-likeness (QED) is 0.670. The molecule has 1 atom stereocenters. The van der Waals surface area contributed by atoms with Crippen molar-refractivity contribution in [2.75, 3.05) is 0 Å². The lowest BCUT2D eigenvalue weighted by atomic mass is 10.1. The Morgan fingerprint density at radius 3 is 2.92 bits per heavy atom. The summed E-state index contributed by atoms with van der Waals surface area (Å²) in [4.78, 5) is 0. The molecule has 0 aromatic heterocycles. The molecule has 12 heavy (non-hydrogen) atoms. The first-order valence-electron chi connectivity index (χ1n) is 3.54. The van der Waals surface area contributed by atoms with Crippen molar-refractivity contribution in [1.29, 1.82) is 5.26 Å². The molecule has 2 nitrogen and oxygen atoms in total. The molecule has 1 aromatic rings. The molecule has 0 aliphatic rings. The van der Waals surface area contributed by atoms with Gasteiger partial charge < -0.3 is 5.11 Å². The minimum absolute atomic E-state index is 0.175.